The van der Waals surface area contributed by atoms with Gasteiger partial charge in [0.1, 0.15) is 0 Å². The minimum absolute atomic E-state index is 0.327. The van der Waals surface area contributed by atoms with Gasteiger partial charge >= 0.3 is 5.97 Å². The Morgan fingerprint density at radius 3 is 2.31 bits per heavy atom. The van der Waals surface area contributed by atoms with Gasteiger partial charge < -0.3 is 15.4 Å². The van der Waals surface area contributed by atoms with Crippen molar-refractivity contribution in [3.63, 3.8) is 0 Å². The third-order valence-corrected chi connectivity index (χ3v) is 4.28. The van der Waals surface area contributed by atoms with E-state index in [1.54, 1.807) is 19.2 Å². The van der Waals surface area contributed by atoms with Crippen LogP contribution in [0.4, 0.5) is 0 Å². The van der Waals surface area contributed by atoms with Crippen LogP contribution in [0.3, 0.4) is 0 Å². The van der Waals surface area contributed by atoms with Crippen LogP contribution >= 0.6 is 0 Å². The molecule has 0 radical (unpaired) electrons. The third-order valence-electron chi connectivity index (χ3n) is 4.28. The lowest BCUT2D eigenvalue weighted by atomic mass is 10.0. The number of nitrogens with zero attached hydrogens (tertiary/aromatic N) is 1. The molecule has 26 heavy (non-hydrogen) atoms. The number of esters is 1. The topological polar surface area (TPSA) is 62.7 Å². The van der Waals surface area contributed by atoms with Crippen LogP contribution in [0.2, 0.25) is 0 Å². The average Bonchev–Trinajstić information content (AvgIpc) is 2.68. The van der Waals surface area contributed by atoms with Crippen molar-refractivity contribution in [1.82, 2.24) is 10.6 Å². The second-order valence-corrected chi connectivity index (χ2v) is 6.31. The summed E-state index contributed by atoms with van der Waals surface area (Å²) in [5.41, 5.74) is 4.18. The van der Waals surface area contributed by atoms with Gasteiger partial charge in [-0.05, 0) is 36.1 Å². The zero-order valence-electron chi connectivity index (χ0n) is 15.9. The Hall–Kier alpha value is -2.82. The third kappa shape index (κ3) is 5.62. The number of methoxy groups -OCH3 is 1. The van der Waals surface area contributed by atoms with Crippen molar-refractivity contribution in [2.24, 2.45) is 4.99 Å². The van der Waals surface area contributed by atoms with Gasteiger partial charge in [-0.1, -0.05) is 48.9 Å². The molecule has 0 spiro atoms. The highest BCUT2D eigenvalue weighted by molar-refractivity contribution is 5.89. The van der Waals surface area contributed by atoms with E-state index >= 15 is 0 Å². The molecule has 0 saturated carbocycles. The minimum atomic E-state index is -0.327. The first-order valence-electron chi connectivity index (χ1n) is 8.71. The summed E-state index contributed by atoms with van der Waals surface area (Å²) in [6, 6.07) is 15.9. The Morgan fingerprint density at radius 2 is 1.73 bits per heavy atom. The van der Waals surface area contributed by atoms with E-state index in [2.05, 4.69) is 53.7 Å². The Bertz CT molecular complexity index is 737. The number of carbonyl (C=O) groups excluding carboxylic acids is 1. The molecule has 1 atom stereocenters. The number of nitrogens with one attached hydrogen (secondary N) is 2. The summed E-state index contributed by atoms with van der Waals surface area (Å²) in [5.74, 6) is 0.807. The quantitative estimate of drug-likeness (QED) is 0.475. The van der Waals surface area contributed by atoms with Gasteiger partial charge in [-0.2, -0.15) is 0 Å². The number of guanidine groups is 1. The monoisotopic (exact) mass is 353 g/mol. The molecule has 0 saturated heterocycles. The summed E-state index contributed by atoms with van der Waals surface area (Å²) in [5, 5.41) is 6.64. The molecule has 0 aromatic heterocycles. The van der Waals surface area contributed by atoms with Crippen molar-refractivity contribution in [1.29, 1.82) is 0 Å². The van der Waals surface area contributed by atoms with Gasteiger partial charge in [-0.15, -0.1) is 0 Å². The van der Waals surface area contributed by atoms with E-state index in [1.165, 1.54) is 18.2 Å². The van der Waals surface area contributed by atoms with Gasteiger partial charge in [0.15, 0.2) is 5.96 Å². The van der Waals surface area contributed by atoms with E-state index in [0.29, 0.717) is 18.0 Å². The molecule has 0 bridgehead atoms. The first-order chi connectivity index (χ1) is 12.5. The van der Waals surface area contributed by atoms with E-state index in [9.17, 15) is 4.79 Å². The number of rotatable bonds is 6. The molecule has 5 heteroatoms. The summed E-state index contributed by atoms with van der Waals surface area (Å²) < 4.78 is 4.71. The molecule has 0 aliphatic heterocycles. The number of benzene rings is 2. The van der Waals surface area contributed by atoms with Crippen molar-refractivity contribution in [2.45, 2.75) is 26.3 Å². The van der Waals surface area contributed by atoms with Gasteiger partial charge in [-0.3, -0.25) is 4.99 Å². The Balaban J connectivity index is 1.84. The summed E-state index contributed by atoms with van der Waals surface area (Å²) >= 11 is 0. The summed E-state index contributed by atoms with van der Waals surface area (Å²) in [6.07, 6.45) is 0. The van der Waals surface area contributed by atoms with E-state index < -0.39 is 0 Å². The second kappa shape index (κ2) is 9.61. The number of hydrogen-bond acceptors (Lipinski definition) is 3. The van der Waals surface area contributed by atoms with Crippen molar-refractivity contribution in [2.75, 3.05) is 20.7 Å². The highest BCUT2D eigenvalue weighted by atomic mass is 16.5. The Kier molecular flexibility index (Phi) is 7.21. The minimum Gasteiger partial charge on any atom is -0.465 e. The van der Waals surface area contributed by atoms with Crippen molar-refractivity contribution >= 4 is 11.9 Å². The Labute approximate surface area is 155 Å². The zero-order valence-corrected chi connectivity index (χ0v) is 15.9. The highest BCUT2D eigenvalue weighted by Crippen LogP contribution is 2.14. The van der Waals surface area contributed by atoms with Crippen LogP contribution in [-0.4, -0.2) is 32.6 Å². The van der Waals surface area contributed by atoms with Crippen LogP contribution in [0.1, 0.15) is 39.9 Å². The van der Waals surface area contributed by atoms with E-state index in [0.717, 1.165) is 18.1 Å². The summed E-state index contributed by atoms with van der Waals surface area (Å²) in [6.45, 7) is 5.71. The second-order valence-electron chi connectivity index (χ2n) is 6.31. The SMILES string of the molecule is CN=C(NCc1ccc(C(=O)OC)cc1)NCC(C)c1ccc(C)cc1. The average molecular weight is 353 g/mol. The maximum atomic E-state index is 11.5. The first kappa shape index (κ1) is 19.5. The van der Waals surface area contributed by atoms with Crippen LogP contribution in [-0.2, 0) is 11.3 Å². The largest absolute Gasteiger partial charge is 0.465 e. The molecule has 0 fully saturated rings. The van der Waals surface area contributed by atoms with Crippen LogP contribution in [0.15, 0.2) is 53.5 Å². The number of aliphatic imine (C=N–C) groups is 1. The molecule has 138 valence electrons. The zero-order chi connectivity index (χ0) is 18.9. The predicted molar refractivity (Wildman–Crippen MR) is 106 cm³/mol. The summed E-state index contributed by atoms with van der Waals surface area (Å²) in [4.78, 5) is 15.7. The van der Waals surface area contributed by atoms with Crippen LogP contribution in [0.25, 0.3) is 0 Å². The van der Waals surface area contributed by atoms with Gasteiger partial charge in [-0.25, -0.2) is 4.79 Å². The lowest BCUT2D eigenvalue weighted by molar-refractivity contribution is 0.0600. The van der Waals surface area contributed by atoms with E-state index in [1.807, 2.05) is 12.1 Å². The smallest absolute Gasteiger partial charge is 0.337 e. The first-order valence-corrected chi connectivity index (χ1v) is 8.71. The number of aryl methyl sites for hydroxylation is 1. The van der Waals surface area contributed by atoms with Crippen molar-refractivity contribution in [3.05, 3.63) is 70.8 Å². The molecule has 0 aliphatic carbocycles. The molecule has 5 nitrogen and oxygen atoms in total. The van der Waals surface area contributed by atoms with Gasteiger partial charge in [0.05, 0.1) is 12.7 Å². The van der Waals surface area contributed by atoms with Crippen molar-refractivity contribution in [3.8, 4) is 0 Å². The standard InChI is InChI=1S/C21H27N3O2/c1-15-5-9-18(10-6-15)16(2)13-23-21(22-3)24-14-17-7-11-19(12-8-17)20(25)26-4/h5-12,16H,13-14H2,1-4H3,(H2,22,23,24). The van der Waals surface area contributed by atoms with E-state index in [4.69, 9.17) is 4.74 Å². The predicted octanol–water partition coefficient (Wildman–Crippen LogP) is 3.25. The maximum Gasteiger partial charge on any atom is 0.337 e. The van der Waals surface area contributed by atoms with Gasteiger partial charge in [0.2, 0.25) is 0 Å². The van der Waals surface area contributed by atoms with Crippen LogP contribution in [0, 0.1) is 6.92 Å². The molecule has 0 aliphatic rings. The molecule has 0 amide bonds. The molecule has 2 N–H and O–H groups in total. The molecule has 0 heterocycles. The lowest BCUT2D eigenvalue weighted by Crippen LogP contribution is -2.38. The fourth-order valence-electron chi connectivity index (χ4n) is 2.55. The number of ether oxygens (including phenoxy) is 1. The lowest BCUT2D eigenvalue weighted by Gasteiger charge is -2.16. The maximum absolute atomic E-state index is 11.5. The molecule has 1 unspecified atom stereocenters. The Morgan fingerprint density at radius 1 is 1.08 bits per heavy atom. The van der Waals surface area contributed by atoms with Gasteiger partial charge in [0.25, 0.3) is 0 Å². The van der Waals surface area contributed by atoms with E-state index in [-0.39, 0.29) is 5.97 Å². The fraction of sp³-hybridized carbons (Fsp3) is 0.333. The van der Waals surface area contributed by atoms with Crippen LogP contribution in [0.5, 0.6) is 0 Å². The fourth-order valence-corrected chi connectivity index (χ4v) is 2.55. The summed E-state index contributed by atoms with van der Waals surface area (Å²) in [7, 11) is 3.14. The molecule has 2 aromatic rings. The molecule has 2 rings (SSSR count). The van der Waals surface area contributed by atoms with Gasteiger partial charge in [0, 0.05) is 20.1 Å². The number of carbonyl (C=O) groups is 1. The molecule has 2 aromatic carbocycles. The highest BCUT2D eigenvalue weighted by Gasteiger charge is 2.07. The normalized spacial score (nSPS) is 12.4. The molecular formula is C21H27N3O2. The van der Waals surface area contributed by atoms with Crippen LogP contribution < -0.4 is 10.6 Å². The number of hydrogen-bond donors (Lipinski definition) is 2. The van der Waals surface area contributed by atoms with Crippen molar-refractivity contribution < 1.29 is 9.53 Å². The molecular weight excluding hydrogens is 326 g/mol.